The van der Waals surface area contributed by atoms with Crippen LogP contribution in [0.25, 0.3) is 0 Å². The molecule has 4 aromatic carbocycles. The smallest absolute Gasteiger partial charge is 0.0911 e. The number of likely N-dealkylation sites (N-methyl/N-ethyl adjacent to an activating group) is 2. The number of piperidine rings is 2. The molecule has 0 radical (unpaired) electrons. The van der Waals surface area contributed by atoms with Gasteiger partial charge in [0, 0.05) is 176 Å². The second-order valence-corrected chi connectivity index (χ2v) is 28.4. The molecular weight excluding hydrogens is 1110 g/mol. The third kappa shape index (κ3) is 24.8. The van der Waals surface area contributed by atoms with Crippen LogP contribution in [-0.2, 0) is 25.7 Å². The molecule has 0 aromatic heterocycles. The fourth-order valence-electron chi connectivity index (χ4n) is 14.4. The highest BCUT2D eigenvalue weighted by molar-refractivity contribution is 5.67. The van der Waals surface area contributed by atoms with Crippen LogP contribution in [0.15, 0.2) is 72.8 Å². The first-order chi connectivity index (χ1) is 41.4. The number of hydrogen-bond acceptors (Lipinski definition) is 12. The van der Waals surface area contributed by atoms with Crippen molar-refractivity contribution in [3.63, 3.8) is 0 Å². The lowest BCUT2D eigenvalue weighted by Crippen LogP contribution is -2.51. The molecule has 0 unspecified atom stereocenters. The molecule has 0 atom stereocenters. The van der Waals surface area contributed by atoms with Crippen LogP contribution in [0, 0.1) is 0 Å². The van der Waals surface area contributed by atoms with Gasteiger partial charge >= 0.3 is 0 Å². The molecule has 12 N–H and O–H groups in total. The van der Waals surface area contributed by atoms with E-state index in [9.17, 15) is 0 Å². The van der Waals surface area contributed by atoms with Gasteiger partial charge in [0.15, 0.2) is 0 Å². The molecule has 11 rings (SSSR count). The van der Waals surface area contributed by atoms with Crippen molar-refractivity contribution in [2.75, 3.05) is 255 Å². The maximum absolute atomic E-state index is 5.93. The van der Waals surface area contributed by atoms with Gasteiger partial charge < -0.3 is 81.7 Å². The van der Waals surface area contributed by atoms with Crippen molar-refractivity contribution in [2.45, 2.75) is 120 Å². The molecule has 7 heterocycles. The first kappa shape index (κ1) is 77.4. The van der Waals surface area contributed by atoms with E-state index in [1.54, 1.807) is 0 Å². The van der Waals surface area contributed by atoms with Gasteiger partial charge in [-0.1, -0.05) is 54.0 Å². The van der Waals surface area contributed by atoms with Crippen molar-refractivity contribution in [2.24, 2.45) is 0 Å². The Hall–Kier alpha value is -5.04. The predicted molar refractivity (Wildman–Crippen MR) is 397 cm³/mol. The van der Waals surface area contributed by atoms with E-state index in [1.165, 1.54) is 188 Å². The maximum atomic E-state index is 5.93. The highest BCUT2D eigenvalue weighted by Crippen LogP contribution is 2.33. The third-order valence-corrected chi connectivity index (χ3v) is 20.0. The summed E-state index contributed by atoms with van der Waals surface area (Å²) in [4.78, 5) is 9.84. The van der Waals surface area contributed by atoms with Crippen molar-refractivity contribution in [1.29, 1.82) is 0 Å². The Morgan fingerprint density at radius 3 is 0.922 bits per heavy atom. The highest BCUT2D eigenvalue weighted by atomic mass is 15.4. The van der Waals surface area contributed by atoms with Crippen molar-refractivity contribution >= 4 is 45.5 Å². The summed E-state index contributed by atoms with van der Waals surface area (Å²) >= 11 is 0. The van der Waals surface area contributed by atoms with Crippen LogP contribution in [0.4, 0.5) is 45.5 Å². The van der Waals surface area contributed by atoms with E-state index in [-0.39, 0.29) is 29.7 Å². The van der Waals surface area contributed by atoms with Gasteiger partial charge in [-0.15, -0.1) is 0 Å². The van der Waals surface area contributed by atoms with Crippen molar-refractivity contribution in [3.8, 4) is 0 Å². The Morgan fingerprint density at radius 1 is 0.356 bits per heavy atom. The minimum Gasteiger partial charge on any atom is -0.399 e. The van der Waals surface area contributed by atoms with Gasteiger partial charge in [-0.3, -0.25) is 0 Å². The molecule has 90 heavy (non-hydrogen) atoms. The number of hydrogen-bond donors (Lipinski definition) is 8. The zero-order valence-corrected chi connectivity index (χ0v) is 55.1. The second kappa shape index (κ2) is 38.2. The number of nitrogen functional groups attached to an aromatic ring is 4. The molecule has 0 saturated carbocycles. The fraction of sp³-hybridized carbons (Fsp3) is 0.676. The number of nitrogens with one attached hydrogen (secondary N) is 4. The Bertz CT molecular complexity index is 2630. The van der Waals surface area contributed by atoms with Crippen molar-refractivity contribution in [1.82, 2.24) is 21.3 Å². The lowest BCUT2D eigenvalue weighted by Gasteiger charge is -2.38. The standard InChI is InChI=1S/C19H33N4.C18H31N4.C17H29N4.C16H29N4.4CH4/c1-23(13-3-2-4-14-23)15-5-9-21-10-12-22-11-8-17-6-7-18(20)16-19(17)22;1-22(12-3-2-4-13-22)14-9-20-8-11-21-10-7-16-5-6-17(19)15-18(16)21;1-21(11-2-3-12-21)13-8-19-7-10-20-9-6-15-4-5-16(18)14-17(15)20;1-20(2,3)12-4-8-18-9-11-19-10-7-14-5-6-15(17)13-16(14)19;;;;/h6-7,16,21H,2-5,8-15,20H2,1H3;5-6,15,20H,2-4,7-14,19H2,1H3;4-5,14,19H,2-3,6-13,18H2,1H3;5-6,13,18H,4,7-12,17H2,1-3H3;4*1H4/q4*+1;;;;. The molecule has 0 amide bonds. The normalized spacial score (nSPS) is 17.9. The van der Waals surface area contributed by atoms with Crippen molar-refractivity contribution in [3.05, 3.63) is 95.1 Å². The monoisotopic (exact) mass is 1250 g/mol. The molecule has 16 heteroatoms. The number of rotatable bonds is 26. The molecule has 0 aliphatic carbocycles. The molecule has 3 saturated heterocycles. The number of likely N-dealkylation sites (tertiary alicyclic amines) is 3. The van der Waals surface area contributed by atoms with E-state index in [2.05, 4.69) is 132 Å². The van der Waals surface area contributed by atoms with Gasteiger partial charge in [-0.05, 0) is 135 Å². The Labute approximate surface area is 551 Å². The summed E-state index contributed by atoms with van der Waals surface area (Å²) in [6, 6.07) is 25.3. The SMILES string of the molecule is C.C.C.C.C[N+](C)(C)CCCNCCN1CCc2ccc(N)cc21.C[N+]1(CCCNCCN2CCc3ccc(N)cc32)CCCCC1.C[N+]1(CCNCCN2CCc3ccc(N)cc32)CCCC1.C[N+]1(CCNCCN2CCc3ccc(N)cc32)CCCCC1. The van der Waals surface area contributed by atoms with Gasteiger partial charge in [0.2, 0.25) is 0 Å². The maximum Gasteiger partial charge on any atom is 0.0911 e. The highest BCUT2D eigenvalue weighted by Gasteiger charge is 2.28. The molecule has 4 aromatic rings. The predicted octanol–water partition coefficient (Wildman–Crippen LogP) is 9.42. The van der Waals surface area contributed by atoms with Gasteiger partial charge in [-0.2, -0.15) is 0 Å². The second-order valence-electron chi connectivity index (χ2n) is 28.4. The molecule has 7 aliphatic rings. The number of fused-ring (bicyclic) bond motifs is 4. The van der Waals surface area contributed by atoms with E-state index in [0.29, 0.717) is 0 Å². The van der Waals surface area contributed by atoms with Gasteiger partial charge in [-0.25, -0.2) is 0 Å². The third-order valence-electron chi connectivity index (χ3n) is 20.0. The van der Waals surface area contributed by atoms with Crippen LogP contribution in [0.1, 0.15) is 116 Å². The first-order valence-electron chi connectivity index (χ1n) is 34.1. The van der Waals surface area contributed by atoms with Crippen LogP contribution in [0.3, 0.4) is 0 Å². The van der Waals surface area contributed by atoms with Gasteiger partial charge in [0.1, 0.15) is 0 Å². The van der Waals surface area contributed by atoms with E-state index >= 15 is 0 Å². The molecular formula is C74H138N16+4. The van der Waals surface area contributed by atoms with Crippen LogP contribution >= 0.6 is 0 Å². The quantitative estimate of drug-likeness (QED) is 0.0171. The van der Waals surface area contributed by atoms with E-state index in [1.807, 2.05) is 24.3 Å². The Morgan fingerprint density at radius 2 is 0.622 bits per heavy atom. The van der Waals surface area contributed by atoms with Crippen molar-refractivity contribution < 1.29 is 17.9 Å². The lowest BCUT2D eigenvalue weighted by atomic mass is 10.1. The van der Waals surface area contributed by atoms with Crippen LogP contribution in [0.2, 0.25) is 0 Å². The van der Waals surface area contributed by atoms with Gasteiger partial charge in [0.25, 0.3) is 0 Å². The van der Waals surface area contributed by atoms with E-state index < -0.39 is 0 Å². The zero-order chi connectivity index (χ0) is 60.8. The minimum absolute atomic E-state index is 0. The van der Waals surface area contributed by atoms with Crippen LogP contribution in [0.5, 0.6) is 0 Å². The number of anilines is 8. The van der Waals surface area contributed by atoms with E-state index in [0.717, 1.165) is 158 Å². The summed E-state index contributed by atoms with van der Waals surface area (Å²) in [6.07, 6.45) is 18.5. The topological polar surface area (TPSA) is 165 Å². The Kier molecular flexibility index (Phi) is 32.9. The molecule has 0 bridgehead atoms. The summed E-state index contributed by atoms with van der Waals surface area (Å²) < 4.78 is 4.85. The summed E-state index contributed by atoms with van der Waals surface area (Å²) in [6.45, 7) is 30.9. The van der Waals surface area contributed by atoms with Crippen LogP contribution < -0.4 is 63.8 Å². The summed E-state index contributed by atoms with van der Waals surface area (Å²) in [5.41, 5.74) is 38.3. The minimum atomic E-state index is 0. The fourth-order valence-corrected chi connectivity index (χ4v) is 14.4. The first-order valence-corrected chi connectivity index (χ1v) is 34.1. The summed E-state index contributed by atoms with van der Waals surface area (Å²) in [7, 11) is 14.0. The molecule has 0 spiro atoms. The zero-order valence-electron chi connectivity index (χ0n) is 55.1. The number of nitrogens with two attached hydrogens (primary N) is 4. The average molecular weight is 1250 g/mol. The molecule has 16 nitrogen and oxygen atoms in total. The van der Waals surface area contributed by atoms with E-state index in [4.69, 9.17) is 22.9 Å². The Balaban J connectivity index is 0.000000253. The summed E-state index contributed by atoms with van der Waals surface area (Å²) in [5.74, 6) is 0. The number of nitrogens with zero attached hydrogens (tertiary/aromatic N) is 8. The molecule has 510 valence electrons. The molecule has 3 fully saturated rings. The summed E-state index contributed by atoms with van der Waals surface area (Å²) in [5, 5.41) is 14.4. The number of benzene rings is 4. The number of quaternary nitrogens is 4. The largest absolute Gasteiger partial charge is 0.399 e. The average Bonchev–Trinajstić information content (AvgIpc) is 1.92. The lowest BCUT2D eigenvalue weighted by molar-refractivity contribution is -0.914. The van der Waals surface area contributed by atoms with Crippen LogP contribution in [-0.4, -0.2) is 230 Å². The van der Waals surface area contributed by atoms with Gasteiger partial charge in [0.05, 0.1) is 108 Å². The molecule has 7 aliphatic heterocycles.